The minimum Gasteiger partial charge on any atom is -0.465 e. The summed E-state index contributed by atoms with van der Waals surface area (Å²) in [7, 11) is 0. The van der Waals surface area contributed by atoms with E-state index in [-0.39, 0.29) is 12.1 Å². The SMILES string of the molecule is O=C(O)N1CCC(C(=O)OC2CN3CCC2CC3)(c2ccccc2)CC1. The number of carbonyl (C=O) groups excluding carboxylic acids is 1. The number of nitrogens with zero attached hydrogens (tertiary/aromatic N) is 2. The van der Waals surface area contributed by atoms with Gasteiger partial charge in [0.25, 0.3) is 0 Å². The standard InChI is InChI=1S/C20H26N2O4/c23-18(26-17-14-21-10-6-15(17)7-11-21)20(16-4-2-1-3-5-16)8-12-22(13-9-20)19(24)25/h1-5,15,17H,6-14H2,(H,24,25). The van der Waals surface area contributed by atoms with Crippen LogP contribution < -0.4 is 0 Å². The molecule has 4 aliphatic heterocycles. The Labute approximate surface area is 153 Å². The van der Waals surface area contributed by atoms with Crippen molar-refractivity contribution in [3.8, 4) is 0 Å². The first-order valence-corrected chi connectivity index (χ1v) is 9.55. The van der Waals surface area contributed by atoms with E-state index in [1.54, 1.807) is 0 Å². The zero-order valence-electron chi connectivity index (χ0n) is 15.0. The second-order valence-corrected chi connectivity index (χ2v) is 7.80. The number of hydrogen-bond acceptors (Lipinski definition) is 4. The van der Waals surface area contributed by atoms with Crippen molar-refractivity contribution in [2.24, 2.45) is 5.92 Å². The Kier molecular flexibility index (Phi) is 4.61. The lowest BCUT2D eigenvalue weighted by Gasteiger charge is -2.46. The van der Waals surface area contributed by atoms with Gasteiger partial charge in [0.2, 0.25) is 0 Å². The van der Waals surface area contributed by atoms with E-state index in [2.05, 4.69) is 4.90 Å². The maximum Gasteiger partial charge on any atom is 0.407 e. The Hall–Kier alpha value is -2.08. The molecule has 1 unspecified atom stereocenters. The molecule has 0 spiro atoms. The summed E-state index contributed by atoms with van der Waals surface area (Å²) in [5, 5.41) is 9.25. The maximum atomic E-state index is 13.3. The van der Waals surface area contributed by atoms with Crippen molar-refractivity contribution in [3.63, 3.8) is 0 Å². The van der Waals surface area contributed by atoms with E-state index >= 15 is 0 Å². The summed E-state index contributed by atoms with van der Waals surface area (Å²) in [5.74, 6) is 0.295. The Morgan fingerprint density at radius 2 is 1.69 bits per heavy atom. The van der Waals surface area contributed by atoms with Gasteiger partial charge in [-0.05, 0) is 50.3 Å². The smallest absolute Gasteiger partial charge is 0.407 e. The van der Waals surface area contributed by atoms with Gasteiger partial charge in [-0.15, -0.1) is 0 Å². The Balaban J connectivity index is 1.55. The highest BCUT2D eigenvalue weighted by atomic mass is 16.5. The van der Waals surface area contributed by atoms with Crippen LogP contribution in [0.5, 0.6) is 0 Å². The average Bonchev–Trinajstić information content (AvgIpc) is 2.69. The number of hydrogen-bond donors (Lipinski definition) is 1. The molecule has 5 rings (SSSR count). The molecule has 140 valence electrons. The Morgan fingerprint density at radius 1 is 1.04 bits per heavy atom. The van der Waals surface area contributed by atoms with Gasteiger partial charge in [-0.25, -0.2) is 4.79 Å². The predicted octanol–water partition coefficient (Wildman–Crippen LogP) is 2.34. The highest BCUT2D eigenvalue weighted by molar-refractivity contribution is 5.84. The molecule has 0 radical (unpaired) electrons. The number of benzene rings is 1. The molecule has 1 atom stereocenters. The van der Waals surface area contributed by atoms with Crippen molar-refractivity contribution in [1.29, 1.82) is 0 Å². The minimum absolute atomic E-state index is 0.0249. The lowest BCUT2D eigenvalue weighted by Crippen LogP contribution is -2.55. The molecular weight excluding hydrogens is 332 g/mol. The molecule has 4 fully saturated rings. The Morgan fingerprint density at radius 3 is 2.23 bits per heavy atom. The number of amides is 1. The number of rotatable bonds is 3. The summed E-state index contributed by atoms with van der Waals surface area (Å²) in [4.78, 5) is 28.4. The second kappa shape index (κ2) is 6.91. The largest absolute Gasteiger partial charge is 0.465 e. The molecule has 1 aromatic carbocycles. The van der Waals surface area contributed by atoms with Gasteiger partial charge in [0.05, 0.1) is 5.41 Å². The van der Waals surface area contributed by atoms with Crippen LogP contribution in [0.3, 0.4) is 0 Å². The minimum atomic E-state index is -0.919. The summed E-state index contributed by atoms with van der Waals surface area (Å²) in [6.07, 6.45) is 2.21. The van der Waals surface area contributed by atoms with Crippen LogP contribution in [-0.2, 0) is 14.9 Å². The van der Waals surface area contributed by atoms with Crippen molar-refractivity contribution >= 4 is 12.1 Å². The zero-order chi connectivity index (χ0) is 18.1. The lowest BCUT2D eigenvalue weighted by atomic mass is 9.72. The van der Waals surface area contributed by atoms with Gasteiger partial charge in [0, 0.05) is 19.6 Å². The van der Waals surface area contributed by atoms with E-state index < -0.39 is 11.5 Å². The van der Waals surface area contributed by atoms with E-state index in [9.17, 15) is 14.7 Å². The second-order valence-electron chi connectivity index (χ2n) is 7.80. The number of esters is 1. The monoisotopic (exact) mass is 358 g/mol. The molecule has 1 aromatic rings. The van der Waals surface area contributed by atoms with E-state index in [0.717, 1.165) is 38.0 Å². The van der Waals surface area contributed by atoms with Gasteiger partial charge in [-0.1, -0.05) is 30.3 Å². The van der Waals surface area contributed by atoms with Crippen molar-refractivity contribution in [3.05, 3.63) is 35.9 Å². The molecule has 2 bridgehead atoms. The fourth-order valence-electron chi connectivity index (χ4n) is 4.74. The highest BCUT2D eigenvalue weighted by Crippen LogP contribution is 2.39. The molecular formula is C20H26N2O4. The fraction of sp³-hybridized carbons (Fsp3) is 0.600. The summed E-state index contributed by atoms with van der Waals surface area (Å²) >= 11 is 0. The predicted molar refractivity (Wildman–Crippen MR) is 96.0 cm³/mol. The van der Waals surface area contributed by atoms with Crippen LogP contribution in [0, 0.1) is 5.92 Å². The summed E-state index contributed by atoms with van der Waals surface area (Å²) in [6, 6.07) is 9.73. The van der Waals surface area contributed by atoms with Crippen LogP contribution in [0.1, 0.15) is 31.2 Å². The highest BCUT2D eigenvalue weighted by Gasteiger charge is 2.47. The topological polar surface area (TPSA) is 70.1 Å². The maximum absolute atomic E-state index is 13.3. The summed E-state index contributed by atoms with van der Waals surface area (Å²) in [5.41, 5.74) is 0.204. The van der Waals surface area contributed by atoms with Crippen molar-refractivity contribution < 1.29 is 19.4 Å². The molecule has 4 saturated heterocycles. The van der Waals surface area contributed by atoms with E-state index in [1.807, 2.05) is 30.3 Å². The lowest BCUT2D eigenvalue weighted by molar-refractivity contribution is -0.168. The average molecular weight is 358 g/mol. The zero-order valence-corrected chi connectivity index (χ0v) is 15.0. The normalized spacial score (nSPS) is 30.0. The molecule has 1 amide bonds. The third kappa shape index (κ3) is 3.07. The van der Waals surface area contributed by atoms with Crippen molar-refractivity contribution in [2.75, 3.05) is 32.7 Å². The quantitative estimate of drug-likeness (QED) is 0.840. The van der Waals surface area contributed by atoms with Crippen molar-refractivity contribution in [1.82, 2.24) is 9.80 Å². The van der Waals surface area contributed by atoms with Crippen LogP contribution in [0.4, 0.5) is 4.79 Å². The number of piperidine rings is 4. The molecule has 6 nitrogen and oxygen atoms in total. The van der Waals surface area contributed by atoms with Gasteiger partial charge in [0.1, 0.15) is 6.10 Å². The van der Waals surface area contributed by atoms with Crippen molar-refractivity contribution in [2.45, 2.75) is 37.2 Å². The van der Waals surface area contributed by atoms with Gasteiger partial charge in [-0.2, -0.15) is 0 Å². The van der Waals surface area contributed by atoms with E-state index in [1.165, 1.54) is 4.90 Å². The van der Waals surface area contributed by atoms with Crippen LogP contribution in [0.25, 0.3) is 0 Å². The third-order valence-corrected chi connectivity index (χ3v) is 6.46. The molecule has 0 aliphatic carbocycles. The molecule has 1 N–H and O–H groups in total. The number of fused-ring (bicyclic) bond motifs is 3. The third-order valence-electron chi connectivity index (χ3n) is 6.46. The number of ether oxygens (including phenoxy) is 1. The molecule has 0 saturated carbocycles. The van der Waals surface area contributed by atoms with Gasteiger partial charge >= 0.3 is 12.1 Å². The first-order chi connectivity index (χ1) is 12.6. The number of carbonyl (C=O) groups is 2. The van der Waals surface area contributed by atoms with Gasteiger partial charge in [0.15, 0.2) is 0 Å². The van der Waals surface area contributed by atoms with Gasteiger partial charge in [-0.3, -0.25) is 9.69 Å². The van der Waals surface area contributed by atoms with Crippen LogP contribution >= 0.6 is 0 Å². The van der Waals surface area contributed by atoms with E-state index in [4.69, 9.17) is 4.74 Å². The Bertz CT molecular complexity index is 662. The number of carboxylic acid groups (broad SMARTS) is 1. The molecule has 26 heavy (non-hydrogen) atoms. The first kappa shape index (κ1) is 17.3. The molecule has 4 aliphatic rings. The molecule has 0 aromatic heterocycles. The molecule has 6 heteroatoms. The van der Waals surface area contributed by atoms with Crippen LogP contribution in [-0.4, -0.2) is 65.8 Å². The number of likely N-dealkylation sites (tertiary alicyclic amines) is 1. The van der Waals surface area contributed by atoms with Crippen LogP contribution in [0.2, 0.25) is 0 Å². The van der Waals surface area contributed by atoms with Crippen LogP contribution in [0.15, 0.2) is 30.3 Å². The molecule has 4 heterocycles. The summed E-state index contributed by atoms with van der Waals surface area (Å²) in [6.45, 7) is 3.77. The van der Waals surface area contributed by atoms with E-state index in [0.29, 0.717) is 31.8 Å². The fourth-order valence-corrected chi connectivity index (χ4v) is 4.74. The summed E-state index contributed by atoms with van der Waals surface area (Å²) < 4.78 is 6.07. The van der Waals surface area contributed by atoms with Gasteiger partial charge < -0.3 is 14.7 Å². The first-order valence-electron chi connectivity index (χ1n) is 9.55.